The smallest absolute Gasteiger partial charge is 0.188 e. The van der Waals surface area contributed by atoms with Gasteiger partial charge < -0.3 is 19.7 Å². The van der Waals surface area contributed by atoms with Gasteiger partial charge in [0, 0.05) is 46.7 Å². The molecule has 0 amide bonds. The quantitative estimate of drug-likeness (QED) is 0.0527. The van der Waals surface area contributed by atoms with Crippen LogP contribution in [-0.4, -0.2) is 38.6 Å². The Hall–Kier alpha value is -4.51. The van der Waals surface area contributed by atoms with Crippen molar-refractivity contribution in [1.29, 1.82) is 0 Å². The lowest BCUT2D eigenvalue weighted by atomic mass is 9.96. The molecule has 0 aliphatic rings. The second-order valence-electron chi connectivity index (χ2n) is 11.7. The molecule has 0 aliphatic carbocycles. The molecule has 238 valence electrons. The molecule has 0 saturated heterocycles. The van der Waals surface area contributed by atoms with E-state index in [0.717, 1.165) is 48.2 Å². The lowest BCUT2D eigenvalue weighted by Crippen LogP contribution is -2.37. The zero-order chi connectivity index (χ0) is 33.1. The number of rotatable bonds is 17. The van der Waals surface area contributed by atoms with Crippen LogP contribution in [0.1, 0.15) is 65.4 Å². The summed E-state index contributed by atoms with van der Waals surface area (Å²) in [5.41, 5.74) is 5.21. The SMILES string of the molecule is C=CCCC/C=C/C(C)Cn1c2ccccc2c2cccc(C(=C)/C=C(\C)N(C)C(/C=C\C)C(=O)/C(CCC)=C(/O)C(=C)O)c21. The van der Waals surface area contributed by atoms with Crippen LogP contribution >= 0.6 is 0 Å². The number of carbonyl (C=O) groups is 1. The highest BCUT2D eigenvalue weighted by molar-refractivity contribution is 6.11. The molecule has 3 rings (SSSR count). The van der Waals surface area contributed by atoms with Gasteiger partial charge in [0.1, 0.15) is 11.8 Å². The highest BCUT2D eigenvalue weighted by atomic mass is 16.3. The molecule has 3 aromatic rings. The third-order valence-corrected chi connectivity index (χ3v) is 8.21. The Morgan fingerprint density at radius 3 is 2.42 bits per heavy atom. The lowest BCUT2D eigenvalue weighted by molar-refractivity contribution is -0.118. The van der Waals surface area contributed by atoms with E-state index in [1.807, 2.05) is 50.9 Å². The highest BCUT2D eigenvalue weighted by Crippen LogP contribution is 2.35. The number of likely N-dealkylation sites (N-methyl/N-ethyl adjacent to an activating group) is 1. The molecule has 0 aliphatic heterocycles. The fraction of sp³-hybridized carbons (Fsp3) is 0.325. The summed E-state index contributed by atoms with van der Waals surface area (Å²) in [6.45, 7) is 20.6. The fourth-order valence-electron chi connectivity index (χ4n) is 5.80. The van der Waals surface area contributed by atoms with E-state index >= 15 is 0 Å². The molecule has 1 heterocycles. The van der Waals surface area contributed by atoms with Gasteiger partial charge in [0.2, 0.25) is 0 Å². The van der Waals surface area contributed by atoms with Crippen molar-refractivity contribution in [2.24, 2.45) is 5.92 Å². The highest BCUT2D eigenvalue weighted by Gasteiger charge is 2.27. The summed E-state index contributed by atoms with van der Waals surface area (Å²) in [6.07, 6.45) is 16.3. The number of Topliss-reactive ketones (excluding diaryl/α,β-unsaturated/α-hetero) is 1. The van der Waals surface area contributed by atoms with Crippen molar-refractivity contribution in [3.63, 3.8) is 0 Å². The lowest BCUT2D eigenvalue weighted by Gasteiger charge is -2.28. The Labute approximate surface area is 269 Å². The molecule has 0 fully saturated rings. The predicted molar refractivity (Wildman–Crippen MR) is 192 cm³/mol. The average molecular weight is 607 g/mol. The molecule has 2 atom stereocenters. The van der Waals surface area contributed by atoms with E-state index in [1.54, 1.807) is 6.08 Å². The van der Waals surface area contributed by atoms with Crippen LogP contribution in [0.25, 0.3) is 27.4 Å². The Morgan fingerprint density at radius 2 is 1.76 bits per heavy atom. The molecule has 0 spiro atoms. The first-order valence-electron chi connectivity index (χ1n) is 15.9. The van der Waals surface area contributed by atoms with Gasteiger partial charge in [-0.1, -0.05) is 100 Å². The number of fused-ring (bicyclic) bond motifs is 3. The number of para-hydroxylation sites is 2. The summed E-state index contributed by atoms with van der Waals surface area (Å²) in [6, 6.07) is 14.2. The fourth-order valence-corrected chi connectivity index (χ4v) is 5.80. The van der Waals surface area contributed by atoms with E-state index in [-0.39, 0.29) is 11.4 Å². The Balaban J connectivity index is 2.04. The number of carbonyl (C=O) groups excluding carboxylic acids is 1. The minimum atomic E-state index is -0.677. The van der Waals surface area contributed by atoms with Gasteiger partial charge >= 0.3 is 0 Å². The number of aliphatic hydroxyl groups is 2. The van der Waals surface area contributed by atoms with Gasteiger partial charge in [0.05, 0.1) is 5.52 Å². The van der Waals surface area contributed by atoms with Crippen molar-refractivity contribution in [2.45, 2.75) is 72.4 Å². The van der Waals surface area contributed by atoms with E-state index in [0.29, 0.717) is 18.8 Å². The van der Waals surface area contributed by atoms with Crippen molar-refractivity contribution in [2.75, 3.05) is 7.05 Å². The molecule has 2 unspecified atom stereocenters. The minimum Gasteiger partial charge on any atom is -0.505 e. The number of hydrogen-bond donors (Lipinski definition) is 2. The minimum absolute atomic E-state index is 0.171. The zero-order valence-corrected chi connectivity index (χ0v) is 27.7. The van der Waals surface area contributed by atoms with Gasteiger partial charge in [0.25, 0.3) is 0 Å². The van der Waals surface area contributed by atoms with Gasteiger partial charge in [-0.25, -0.2) is 0 Å². The van der Waals surface area contributed by atoms with Gasteiger partial charge in [-0.15, -0.1) is 6.58 Å². The summed E-state index contributed by atoms with van der Waals surface area (Å²) in [5.74, 6) is -0.898. The van der Waals surface area contributed by atoms with E-state index in [1.165, 1.54) is 16.3 Å². The van der Waals surface area contributed by atoms with Gasteiger partial charge in [-0.05, 0) is 63.2 Å². The van der Waals surface area contributed by atoms with Crippen LogP contribution in [-0.2, 0) is 11.3 Å². The number of allylic oxidation sites excluding steroid dienone is 7. The second-order valence-corrected chi connectivity index (χ2v) is 11.7. The first-order valence-corrected chi connectivity index (χ1v) is 15.9. The maximum Gasteiger partial charge on any atom is 0.188 e. The van der Waals surface area contributed by atoms with Gasteiger partial charge in [-0.3, -0.25) is 4.79 Å². The Kier molecular flexibility index (Phi) is 12.8. The zero-order valence-electron chi connectivity index (χ0n) is 27.7. The van der Waals surface area contributed by atoms with Crippen LogP contribution < -0.4 is 0 Å². The standard InChI is InChI=1S/C40H50N2O3/c1-9-12-13-14-15-21-28(4)27-42-36-25-17-16-22-33(36)34-24-18-23-32(38(34)42)29(5)26-30(6)41(8)37(20-11-3)40(45)35(19-10-2)39(44)31(7)43/h9,11,15-18,20-26,28,37,43-44H,1,5,7,10,12-14,19,27H2,2-4,6,8H3/b20-11-,21-15+,30-26+,39-35+. The number of ketones is 1. The van der Waals surface area contributed by atoms with E-state index in [2.05, 4.69) is 85.8 Å². The van der Waals surface area contributed by atoms with Crippen molar-refractivity contribution in [3.05, 3.63) is 127 Å². The third-order valence-electron chi connectivity index (χ3n) is 8.21. The van der Waals surface area contributed by atoms with Crippen LogP contribution in [0.3, 0.4) is 0 Å². The number of hydrogen-bond acceptors (Lipinski definition) is 4. The molecule has 1 aromatic heterocycles. The van der Waals surface area contributed by atoms with E-state index < -0.39 is 17.6 Å². The molecule has 5 nitrogen and oxygen atoms in total. The van der Waals surface area contributed by atoms with Crippen LogP contribution in [0.5, 0.6) is 0 Å². The Morgan fingerprint density at radius 1 is 1.04 bits per heavy atom. The van der Waals surface area contributed by atoms with Crippen LogP contribution in [0.15, 0.2) is 121 Å². The van der Waals surface area contributed by atoms with Crippen molar-refractivity contribution < 1.29 is 15.0 Å². The molecule has 0 radical (unpaired) electrons. The van der Waals surface area contributed by atoms with Gasteiger partial charge in [0.15, 0.2) is 11.5 Å². The number of aliphatic hydroxyl groups excluding tert-OH is 2. The van der Waals surface area contributed by atoms with Crippen molar-refractivity contribution in [3.8, 4) is 0 Å². The molecule has 45 heavy (non-hydrogen) atoms. The first-order chi connectivity index (χ1) is 21.6. The van der Waals surface area contributed by atoms with E-state index in [9.17, 15) is 15.0 Å². The number of nitrogens with zero attached hydrogens (tertiary/aromatic N) is 2. The summed E-state index contributed by atoms with van der Waals surface area (Å²) in [7, 11) is 1.86. The molecule has 2 N–H and O–H groups in total. The normalized spacial score (nSPS) is 14.2. The largest absolute Gasteiger partial charge is 0.505 e. The topological polar surface area (TPSA) is 65.7 Å². The average Bonchev–Trinajstić information content (AvgIpc) is 3.34. The van der Waals surface area contributed by atoms with Gasteiger partial charge in [-0.2, -0.15) is 0 Å². The third kappa shape index (κ3) is 8.36. The molecular formula is C40H50N2O3. The van der Waals surface area contributed by atoms with Crippen LogP contribution in [0, 0.1) is 5.92 Å². The Bertz CT molecular complexity index is 1660. The first kappa shape index (κ1) is 35.0. The predicted octanol–water partition coefficient (Wildman–Crippen LogP) is 10.4. The van der Waals surface area contributed by atoms with Crippen LogP contribution in [0.4, 0.5) is 0 Å². The number of aromatic nitrogens is 1. The number of benzene rings is 2. The molecule has 0 saturated carbocycles. The maximum absolute atomic E-state index is 13.7. The van der Waals surface area contributed by atoms with Crippen molar-refractivity contribution >= 4 is 33.2 Å². The molecular weight excluding hydrogens is 556 g/mol. The van der Waals surface area contributed by atoms with Crippen LogP contribution in [0.2, 0.25) is 0 Å². The summed E-state index contributed by atoms with van der Waals surface area (Å²) in [4.78, 5) is 15.6. The molecule has 2 aromatic carbocycles. The molecule has 0 bridgehead atoms. The number of unbranched alkanes of at least 4 members (excludes halogenated alkanes) is 2. The van der Waals surface area contributed by atoms with Crippen molar-refractivity contribution in [1.82, 2.24) is 9.47 Å². The summed E-state index contributed by atoms with van der Waals surface area (Å²) in [5, 5.41) is 22.7. The summed E-state index contributed by atoms with van der Waals surface area (Å²) >= 11 is 0. The molecule has 5 heteroatoms. The second kappa shape index (κ2) is 16.5. The summed E-state index contributed by atoms with van der Waals surface area (Å²) < 4.78 is 2.41. The monoisotopic (exact) mass is 606 g/mol. The van der Waals surface area contributed by atoms with E-state index in [4.69, 9.17) is 0 Å². The maximum atomic E-state index is 13.7.